The molecule has 0 radical (unpaired) electrons. The number of carbonyl (C=O) groups excluding carboxylic acids is 3. The summed E-state index contributed by atoms with van der Waals surface area (Å²) in [6.07, 6.45) is -1.07. The second kappa shape index (κ2) is 9.67. The highest BCUT2D eigenvalue weighted by Gasteiger charge is 2.29. The summed E-state index contributed by atoms with van der Waals surface area (Å²) in [6.45, 7) is 5.00. The second-order valence-corrected chi connectivity index (χ2v) is 7.38. The molecular formula is C20H21N3O4S. The van der Waals surface area contributed by atoms with Gasteiger partial charge in [-0.05, 0) is 42.5 Å². The van der Waals surface area contributed by atoms with Crippen LogP contribution in [0.5, 0.6) is 0 Å². The highest BCUT2D eigenvalue weighted by molar-refractivity contribution is 7.12. The van der Waals surface area contributed by atoms with Crippen LogP contribution in [-0.4, -0.2) is 29.9 Å². The zero-order valence-corrected chi connectivity index (χ0v) is 16.6. The quantitative estimate of drug-likeness (QED) is 0.696. The minimum atomic E-state index is -1.07. The van der Waals surface area contributed by atoms with E-state index in [-0.39, 0.29) is 11.8 Å². The van der Waals surface area contributed by atoms with Gasteiger partial charge in [-0.3, -0.25) is 9.59 Å². The van der Waals surface area contributed by atoms with Crippen LogP contribution in [0.3, 0.4) is 0 Å². The number of amides is 2. The van der Waals surface area contributed by atoms with Crippen molar-refractivity contribution in [3.8, 4) is 6.07 Å². The number of thiophene rings is 1. The third-order valence-electron chi connectivity index (χ3n) is 3.87. The molecule has 146 valence electrons. The lowest BCUT2D eigenvalue weighted by Gasteiger charge is -2.22. The van der Waals surface area contributed by atoms with Crippen LogP contribution in [0.1, 0.15) is 36.0 Å². The summed E-state index contributed by atoms with van der Waals surface area (Å²) < 4.78 is 5.26. The van der Waals surface area contributed by atoms with Crippen LogP contribution < -0.4 is 10.6 Å². The van der Waals surface area contributed by atoms with Crippen molar-refractivity contribution in [3.63, 3.8) is 0 Å². The lowest BCUT2D eigenvalue weighted by molar-refractivity contribution is -0.156. The molecule has 0 aliphatic heterocycles. The average molecular weight is 399 g/mol. The predicted molar refractivity (Wildman–Crippen MR) is 106 cm³/mol. The maximum absolute atomic E-state index is 12.5. The Morgan fingerprint density at radius 1 is 1.14 bits per heavy atom. The van der Waals surface area contributed by atoms with Gasteiger partial charge in [0, 0.05) is 5.69 Å². The molecule has 2 atom stereocenters. The molecule has 7 nitrogen and oxygen atoms in total. The smallest absolute Gasteiger partial charge is 0.329 e. The zero-order chi connectivity index (χ0) is 20.7. The molecule has 2 N–H and O–H groups in total. The predicted octanol–water partition coefficient (Wildman–Crippen LogP) is 2.94. The molecule has 0 bridgehead atoms. The molecule has 2 amide bonds. The van der Waals surface area contributed by atoms with Crippen molar-refractivity contribution in [1.29, 1.82) is 5.26 Å². The summed E-state index contributed by atoms with van der Waals surface area (Å²) in [5.74, 6) is -1.81. The number of anilines is 1. The summed E-state index contributed by atoms with van der Waals surface area (Å²) in [6, 6.07) is 10.9. The Morgan fingerprint density at radius 3 is 2.50 bits per heavy atom. The summed E-state index contributed by atoms with van der Waals surface area (Å²) in [5.41, 5.74) is 0.831. The summed E-state index contributed by atoms with van der Waals surface area (Å²) in [5, 5.41) is 15.9. The van der Waals surface area contributed by atoms with Gasteiger partial charge in [0.1, 0.15) is 6.04 Å². The Morgan fingerprint density at radius 2 is 1.89 bits per heavy atom. The number of nitrogens with one attached hydrogen (secondary N) is 2. The molecule has 0 aliphatic rings. The topological polar surface area (TPSA) is 108 Å². The monoisotopic (exact) mass is 399 g/mol. The fourth-order valence-electron chi connectivity index (χ4n) is 2.33. The molecule has 0 saturated heterocycles. The molecule has 2 aromatic rings. The molecule has 1 aromatic carbocycles. The molecule has 0 unspecified atom stereocenters. The third kappa shape index (κ3) is 5.66. The summed E-state index contributed by atoms with van der Waals surface area (Å²) in [7, 11) is 0. The molecule has 0 saturated carbocycles. The van der Waals surface area contributed by atoms with Gasteiger partial charge in [-0.15, -0.1) is 11.3 Å². The van der Waals surface area contributed by atoms with E-state index in [9.17, 15) is 14.4 Å². The van der Waals surface area contributed by atoms with Crippen molar-refractivity contribution < 1.29 is 19.1 Å². The van der Waals surface area contributed by atoms with E-state index in [0.717, 1.165) is 0 Å². The first-order chi connectivity index (χ1) is 13.3. The Balaban J connectivity index is 1.98. The molecule has 8 heteroatoms. The van der Waals surface area contributed by atoms with E-state index in [2.05, 4.69) is 10.6 Å². The molecule has 28 heavy (non-hydrogen) atoms. The van der Waals surface area contributed by atoms with Crippen LogP contribution in [0.4, 0.5) is 5.69 Å². The standard InChI is InChI=1S/C20H21N3O4S/c1-12(2)17(23-19(25)16-8-5-9-28-16)20(26)27-13(3)18(24)22-15-7-4-6-14(10-15)11-21/h4-10,12-13,17H,1-3H3,(H,22,24)(H,23,25)/t13-,17-/m0/s1. The highest BCUT2D eigenvalue weighted by atomic mass is 32.1. The Hall–Kier alpha value is -3.18. The van der Waals surface area contributed by atoms with Gasteiger partial charge in [0.15, 0.2) is 6.10 Å². The van der Waals surface area contributed by atoms with E-state index in [4.69, 9.17) is 10.00 Å². The van der Waals surface area contributed by atoms with Crippen LogP contribution in [0, 0.1) is 17.2 Å². The number of hydrogen-bond donors (Lipinski definition) is 2. The maximum atomic E-state index is 12.5. The first kappa shape index (κ1) is 21.1. The lowest BCUT2D eigenvalue weighted by Crippen LogP contribution is -2.47. The van der Waals surface area contributed by atoms with E-state index in [1.54, 1.807) is 49.6 Å². The van der Waals surface area contributed by atoms with Crippen molar-refractivity contribution in [3.05, 3.63) is 52.2 Å². The average Bonchev–Trinajstić information content (AvgIpc) is 3.20. The van der Waals surface area contributed by atoms with Crippen molar-refractivity contribution >= 4 is 34.8 Å². The summed E-state index contributed by atoms with van der Waals surface area (Å²) >= 11 is 1.27. The fourth-order valence-corrected chi connectivity index (χ4v) is 2.96. The number of nitriles is 1. The van der Waals surface area contributed by atoms with Crippen LogP contribution >= 0.6 is 11.3 Å². The van der Waals surface area contributed by atoms with Gasteiger partial charge in [0.25, 0.3) is 11.8 Å². The fraction of sp³-hybridized carbons (Fsp3) is 0.300. The van der Waals surface area contributed by atoms with Crippen LogP contribution in [0.15, 0.2) is 41.8 Å². The minimum Gasteiger partial charge on any atom is -0.451 e. The molecule has 1 aromatic heterocycles. The lowest BCUT2D eigenvalue weighted by atomic mass is 10.0. The van der Waals surface area contributed by atoms with Gasteiger partial charge in [0.05, 0.1) is 16.5 Å². The number of carbonyl (C=O) groups is 3. The second-order valence-electron chi connectivity index (χ2n) is 6.43. The van der Waals surface area contributed by atoms with Gasteiger partial charge < -0.3 is 15.4 Å². The van der Waals surface area contributed by atoms with Gasteiger partial charge >= 0.3 is 5.97 Å². The maximum Gasteiger partial charge on any atom is 0.329 e. The Labute approximate surface area is 167 Å². The van der Waals surface area contributed by atoms with Gasteiger partial charge in [-0.1, -0.05) is 26.0 Å². The normalized spacial score (nSPS) is 12.5. The molecule has 1 heterocycles. The number of nitrogens with zero attached hydrogens (tertiary/aromatic N) is 1. The number of hydrogen-bond acceptors (Lipinski definition) is 6. The van der Waals surface area contributed by atoms with Crippen molar-refractivity contribution in [2.75, 3.05) is 5.32 Å². The molecule has 0 aliphatic carbocycles. The van der Waals surface area contributed by atoms with Crippen molar-refractivity contribution in [2.45, 2.75) is 32.9 Å². The van der Waals surface area contributed by atoms with Gasteiger partial charge in [-0.2, -0.15) is 5.26 Å². The molecule has 0 fully saturated rings. The van der Waals surface area contributed by atoms with Gasteiger partial charge in [-0.25, -0.2) is 4.79 Å². The van der Waals surface area contributed by atoms with Gasteiger partial charge in [0.2, 0.25) is 0 Å². The molecule has 0 spiro atoms. The van der Waals surface area contributed by atoms with E-state index >= 15 is 0 Å². The third-order valence-corrected chi connectivity index (χ3v) is 4.74. The zero-order valence-electron chi connectivity index (χ0n) is 15.8. The number of rotatable bonds is 7. The van der Waals surface area contributed by atoms with Crippen LogP contribution in [-0.2, 0) is 14.3 Å². The molecular weight excluding hydrogens is 378 g/mol. The molecule has 2 rings (SSSR count). The highest BCUT2D eigenvalue weighted by Crippen LogP contribution is 2.13. The van der Waals surface area contributed by atoms with Crippen molar-refractivity contribution in [1.82, 2.24) is 5.32 Å². The minimum absolute atomic E-state index is 0.223. The van der Waals surface area contributed by atoms with E-state index in [1.165, 1.54) is 24.3 Å². The van der Waals surface area contributed by atoms with E-state index in [1.807, 2.05) is 6.07 Å². The first-order valence-electron chi connectivity index (χ1n) is 8.67. The number of benzene rings is 1. The van der Waals surface area contributed by atoms with Crippen molar-refractivity contribution in [2.24, 2.45) is 5.92 Å². The van der Waals surface area contributed by atoms with Crippen LogP contribution in [0.2, 0.25) is 0 Å². The number of ether oxygens (including phenoxy) is 1. The van der Waals surface area contributed by atoms with E-state index in [0.29, 0.717) is 16.1 Å². The largest absolute Gasteiger partial charge is 0.451 e. The number of esters is 1. The van der Waals surface area contributed by atoms with Crippen LogP contribution in [0.25, 0.3) is 0 Å². The summed E-state index contributed by atoms with van der Waals surface area (Å²) in [4.78, 5) is 37.5. The first-order valence-corrected chi connectivity index (χ1v) is 9.55. The Kier molecular flexibility index (Phi) is 7.29. The SMILES string of the molecule is CC(C)[C@H](NC(=O)c1cccs1)C(=O)O[C@@H](C)C(=O)Nc1cccc(C#N)c1. The van der Waals surface area contributed by atoms with E-state index < -0.39 is 24.0 Å². The Bertz CT molecular complexity index is 887.